The molecule has 0 aromatic heterocycles. The minimum absolute atomic E-state index is 0.282. The van der Waals surface area contributed by atoms with E-state index in [0.29, 0.717) is 6.54 Å². The van der Waals surface area contributed by atoms with Crippen molar-refractivity contribution < 1.29 is 0 Å². The van der Waals surface area contributed by atoms with Gasteiger partial charge in [-0.3, -0.25) is 4.90 Å². The van der Waals surface area contributed by atoms with Crippen molar-refractivity contribution in [3.8, 4) is 6.07 Å². The van der Waals surface area contributed by atoms with Crippen LogP contribution >= 0.6 is 15.9 Å². The molecule has 0 bridgehead atoms. The molecule has 0 aliphatic carbocycles. The molecule has 50 valence electrons. The molecule has 0 aromatic carbocycles. The zero-order valence-electron chi connectivity index (χ0n) is 5.39. The first-order valence-corrected chi connectivity index (χ1v) is 3.71. The predicted molar refractivity (Wildman–Crippen MR) is 39.4 cm³/mol. The third-order valence-electron chi connectivity index (χ3n) is 1.40. The van der Waals surface area contributed by atoms with E-state index in [4.69, 9.17) is 5.26 Å². The Bertz CT molecular complexity index is 140. The van der Waals surface area contributed by atoms with Gasteiger partial charge in [-0.2, -0.15) is 5.26 Å². The monoisotopic (exact) mass is 188 g/mol. The highest BCUT2D eigenvalue weighted by Crippen LogP contribution is 2.28. The molecule has 3 heteroatoms. The summed E-state index contributed by atoms with van der Waals surface area (Å²) in [5, 5.41) is 8.26. The first-order valence-electron chi connectivity index (χ1n) is 2.92. The van der Waals surface area contributed by atoms with Crippen molar-refractivity contribution in [2.45, 2.75) is 11.2 Å². The molecule has 0 N–H and O–H groups in total. The van der Waals surface area contributed by atoms with Gasteiger partial charge < -0.3 is 0 Å². The fraction of sp³-hybridized carbons (Fsp3) is 0.833. The second-order valence-electron chi connectivity index (χ2n) is 2.72. The van der Waals surface area contributed by atoms with Gasteiger partial charge in [0, 0.05) is 17.4 Å². The summed E-state index contributed by atoms with van der Waals surface area (Å²) < 4.78 is 0.282. The molecule has 1 aliphatic rings. The normalized spacial score (nSPS) is 24.6. The molecule has 0 atom stereocenters. The molecule has 9 heavy (non-hydrogen) atoms. The van der Waals surface area contributed by atoms with Gasteiger partial charge in [0.1, 0.15) is 0 Å². The van der Waals surface area contributed by atoms with Crippen LogP contribution in [0.15, 0.2) is 0 Å². The van der Waals surface area contributed by atoms with Crippen LogP contribution in [0.25, 0.3) is 0 Å². The van der Waals surface area contributed by atoms with Crippen LogP contribution in [0.1, 0.15) is 6.92 Å². The van der Waals surface area contributed by atoms with Gasteiger partial charge in [0.05, 0.1) is 12.6 Å². The van der Waals surface area contributed by atoms with Crippen molar-refractivity contribution in [1.82, 2.24) is 4.90 Å². The van der Waals surface area contributed by atoms with E-state index in [9.17, 15) is 0 Å². The summed E-state index contributed by atoms with van der Waals surface area (Å²) in [6.45, 7) is 4.71. The van der Waals surface area contributed by atoms with Crippen molar-refractivity contribution in [3.05, 3.63) is 0 Å². The Hall–Kier alpha value is -0.0700. The lowest BCUT2D eigenvalue weighted by atomic mass is 10.0. The molecule has 1 fully saturated rings. The quantitative estimate of drug-likeness (QED) is 0.454. The molecule has 1 heterocycles. The molecular weight excluding hydrogens is 180 g/mol. The fourth-order valence-electron chi connectivity index (χ4n) is 1.10. The highest BCUT2D eigenvalue weighted by Gasteiger charge is 2.35. The molecule has 0 amide bonds. The van der Waals surface area contributed by atoms with Gasteiger partial charge >= 0.3 is 0 Å². The zero-order valence-corrected chi connectivity index (χ0v) is 6.98. The number of hydrogen-bond donors (Lipinski definition) is 0. The summed E-state index contributed by atoms with van der Waals surface area (Å²) in [4.78, 5) is 2.11. The highest BCUT2D eigenvalue weighted by molar-refractivity contribution is 9.10. The summed E-state index contributed by atoms with van der Waals surface area (Å²) in [7, 11) is 0. The van der Waals surface area contributed by atoms with Gasteiger partial charge in [-0.15, -0.1) is 0 Å². The lowest BCUT2D eigenvalue weighted by Crippen LogP contribution is -2.55. The smallest absolute Gasteiger partial charge is 0.0866 e. The Morgan fingerprint density at radius 1 is 1.78 bits per heavy atom. The molecule has 2 nitrogen and oxygen atoms in total. The van der Waals surface area contributed by atoms with Crippen molar-refractivity contribution in [3.63, 3.8) is 0 Å². The lowest BCUT2D eigenvalue weighted by Gasteiger charge is -2.42. The van der Waals surface area contributed by atoms with Gasteiger partial charge in [-0.1, -0.05) is 15.9 Å². The molecule has 0 radical (unpaired) electrons. The van der Waals surface area contributed by atoms with Crippen LogP contribution in [0.3, 0.4) is 0 Å². The highest BCUT2D eigenvalue weighted by atomic mass is 79.9. The Morgan fingerprint density at radius 2 is 2.33 bits per heavy atom. The van der Waals surface area contributed by atoms with Crippen LogP contribution in [-0.4, -0.2) is 28.9 Å². The SMILES string of the molecule is CC1(Br)CN(CC#N)C1. The number of hydrogen-bond acceptors (Lipinski definition) is 2. The number of likely N-dealkylation sites (tertiary alicyclic amines) is 1. The number of nitrogens with zero attached hydrogens (tertiary/aromatic N) is 2. The number of halogens is 1. The van der Waals surface area contributed by atoms with Crippen molar-refractivity contribution in [2.24, 2.45) is 0 Å². The van der Waals surface area contributed by atoms with Crippen LogP contribution < -0.4 is 0 Å². The molecule has 0 aromatic rings. The molecule has 1 saturated heterocycles. The standard InChI is InChI=1S/C6H9BrN2/c1-6(7)4-9(5-6)3-2-8/h3-5H2,1H3. The van der Waals surface area contributed by atoms with E-state index in [1.54, 1.807) is 0 Å². The van der Waals surface area contributed by atoms with E-state index in [-0.39, 0.29) is 4.32 Å². The average Bonchev–Trinajstić information content (AvgIpc) is 1.62. The summed E-state index contributed by atoms with van der Waals surface area (Å²) in [6, 6.07) is 2.11. The van der Waals surface area contributed by atoms with Gasteiger partial charge in [0.15, 0.2) is 0 Å². The third-order valence-corrected chi connectivity index (χ3v) is 1.90. The zero-order chi connectivity index (χ0) is 6.91. The second kappa shape index (κ2) is 2.28. The minimum atomic E-state index is 0.282. The van der Waals surface area contributed by atoms with Crippen LogP contribution in [0, 0.1) is 11.3 Å². The maximum atomic E-state index is 8.26. The van der Waals surface area contributed by atoms with E-state index in [1.165, 1.54) is 0 Å². The van der Waals surface area contributed by atoms with E-state index in [0.717, 1.165) is 13.1 Å². The summed E-state index contributed by atoms with van der Waals surface area (Å²) in [5.41, 5.74) is 0. The summed E-state index contributed by atoms with van der Waals surface area (Å²) in [5.74, 6) is 0. The lowest BCUT2D eigenvalue weighted by molar-refractivity contribution is 0.162. The number of nitriles is 1. The molecule has 1 rings (SSSR count). The second-order valence-corrected chi connectivity index (χ2v) is 4.63. The Balaban J connectivity index is 2.21. The Kier molecular flexibility index (Phi) is 1.78. The van der Waals surface area contributed by atoms with Crippen LogP contribution in [0.2, 0.25) is 0 Å². The van der Waals surface area contributed by atoms with E-state index >= 15 is 0 Å². The van der Waals surface area contributed by atoms with E-state index < -0.39 is 0 Å². The maximum absolute atomic E-state index is 8.26. The minimum Gasteiger partial charge on any atom is -0.288 e. The van der Waals surface area contributed by atoms with Crippen molar-refractivity contribution in [2.75, 3.05) is 19.6 Å². The van der Waals surface area contributed by atoms with Gasteiger partial charge in [-0.25, -0.2) is 0 Å². The van der Waals surface area contributed by atoms with Gasteiger partial charge in [0.25, 0.3) is 0 Å². The fourth-order valence-corrected chi connectivity index (χ4v) is 1.81. The maximum Gasteiger partial charge on any atom is 0.0866 e. The molecular formula is C6H9BrN2. The third kappa shape index (κ3) is 1.67. The summed E-state index contributed by atoms with van der Waals surface area (Å²) >= 11 is 3.52. The van der Waals surface area contributed by atoms with E-state index in [2.05, 4.69) is 33.8 Å². The number of alkyl halides is 1. The van der Waals surface area contributed by atoms with Gasteiger partial charge in [-0.05, 0) is 6.92 Å². The molecule has 0 spiro atoms. The first kappa shape index (κ1) is 7.04. The van der Waals surface area contributed by atoms with Crippen LogP contribution in [-0.2, 0) is 0 Å². The average molecular weight is 189 g/mol. The van der Waals surface area contributed by atoms with Crippen LogP contribution in [0.5, 0.6) is 0 Å². The molecule has 1 aliphatic heterocycles. The van der Waals surface area contributed by atoms with Gasteiger partial charge in [0.2, 0.25) is 0 Å². The summed E-state index contributed by atoms with van der Waals surface area (Å²) in [6.07, 6.45) is 0. The number of rotatable bonds is 1. The van der Waals surface area contributed by atoms with Crippen molar-refractivity contribution >= 4 is 15.9 Å². The first-order chi connectivity index (χ1) is 4.14. The largest absolute Gasteiger partial charge is 0.288 e. The van der Waals surface area contributed by atoms with Crippen LogP contribution in [0.4, 0.5) is 0 Å². The Morgan fingerprint density at radius 3 is 2.67 bits per heavy atom. The van der Waals surface area contributed by atoms with E-state index in [1.807, 2.05) is 0 Å². The predicted octanol–water partition coefficient (Wildman–Crippen LogP) is 0.979. The topological polar surface area (TPSA) is 27.0 Å². The van der Waals surface area contributed by atoms with Crippen molar-refractivity contribution in [1.29, 1.82) is 5.26 Å². The Labute approximate surface area is 63.6 Å². The molecule has 0 unspecified atom stereocenters. The molecule has 0 saturated carbocycles.